The highest BCUT2D eigenvalue weighted by Gasteiger charge is 2.48. The fourth-order valence-electron chi connectivity index (χ4n) is 14.7. The summed E-state index contributed by atoms with van der Waals surface area (Å²) in [4.78, 5) is 0. The van der Waals surface area contributed by atoms with Gasteiger partial charge in [-0.1, -0.05) is 125 Å². The van der Waals surface area contributed by atoms with E-state index in [0.29, 0.717) is 26.4 Å². The summed E-state index contributed by atoms with van der Waals surface area (Å²) >= 11 is 0. The Morgan fingerprint density at radius 3 is 0.667 bits per heavy atom. The van der Waals surface area contributed by atoms with E-state index in [2.05, 4.69) is 125 Å². The molecule has 0 amide bonds. The van der Waals surface area contributed by atoms with E-state index in [0.717, 1.165) is 99.3 Å². The van der Waals surface area contributed by atoms with Gasteiger partial charge < -0.3 is 47.4 Å². The van der Waals surface area contributed by atoms with Crippen LogP contribution in [-0.2, 0) is 122 Å². The van der Waals surface area contributed by atoms with Crippen molar-refractivity contribution in [2.75, 3.05) is 55.6 Å². The molecular formula is C68H80O10. The van der Waals surface area contributed by atoms with E-state index in [9.17, 15) is 0 Å². The minimum atomic E-state index is -0.572. The molecule has 2 saturated carbocycles. The van der Waals surface area contributed by atoms with E-state index in [-0.39, 0.29) is 27.2 Å². The predicted molar refractivity (Wildman–Crippen MR) is 305 cm³/mol. The minimum absolute atomic E-state index is 0.193. The highest BCUT2D eigenvalue weighted by molar-refractivity contribution is 5.86. The number of benzene rings is 6. The first-order chi connectivity index (χ1) is 38.2. The van der Waals surface area contributed by atoms with Gasteiger partial charge in [-0.2, -0.15) is 0 Å². The number of hydrogen-bond donors (Lipinski definition) is 0. The van der Waals surface area contributed by atoms with Gasteiger partial charge in [0, 0.05) is 28.4 Å². The van der Waals surface area contributed by atoms with E-state index < -0.39 is 22.4 Å². The molecule has 16 bridgehead atoms. The van der Waals surface area contributed by atoms with Crippen LogP contribution >= 0.6 is 0 Å². The van der Waals surface area contributed by atoms with Crippen molar-refractivity contribution >= 4 is 0 Å². The topological polar surface area (TPSA) is 92.3 Å². The molecule has 22 aliphatic carbocycles. The summed E-state index contributed by atoms with van der Waals surface area (Å²) in [5.74, 6) is 0. The zero-order valence-electron chi connectivity index (χ0n) is 47.5. The maximum Gasteiger partial charge on any atom is 0.147 e. The Kier molecular flexibility index (Phi) is 16.3. The lowest BCUT2D eigenvalue weighted by molar-refractivity contribution is -0.203. The first-order valence-corrected chi connectivity index (χ1v) is 28.7. The van der Waals surface area contributed by atoms with Crippen LogP contribution in [0.4, 0.5) is 0 Å². The highest BCUT2D eigenvalue weighted by Crippen LogP contribution is 2.54. The number of fused-ring (bicyclic) bond motifs is 1. The zero-order valence-corrected chi connectivity index (χ0v) is 47.5. The monoisotopic (exact) mass is 1060 g/mol. The summed E-state index contributed by atoms with van der Waals surface area (Å²) in [7, 11) is 6.82. The predicted octanol–water partition coefficient (Wildman–Crippen LogP) is 14.8. The molecule has 0 spiro atoms. The Bertz CT molecular complexity index is 2640. The Labute approximate surface area is 463 Å². The Balaban J connectivity index is 1.07. The van der Waals surface area contributed by atoms with E-state index >= 15 is 0 Å². The fourth-order valence-corrected chi connectivity index (χ4v) is 14.7. The van der Waals surface area contributed by atoms with Crippen LogP contribution in [0, 0.1) is 0 Å². The number of ether oxygens (including phenoxy) is 10. The van der Waals surface area contributed by atoms with Crippen LogP contribution in [-0.4, -0.2) is 55.6 Å². The summed E-state index contributed by atoms with van der Waals surface area (Å²) in [6.07, 6.45) is 9.53. The molecule has 0 radical (unpaired) electrons. The molecule has 0 unspecified atom stereocenters. The third kappa shape index (κ3) is 9.51. The molecule has 30 rings (SSSR count). The summed E-state index contributed by atoms with van der Waals surface area (Å²) in [6, 6.07) is 36.9. The number of hydrogen-bond acceptors (Lipinski definition) is 10. The summed E-state index contributed by atoms with van der Waals surface area (Å²) < 4.78 is 62.8. The summed E-state index contributed by atoms with van der Waals surface area (Å²) in [5.41, 5.74) is 23.0. The smallest absolute Gasteiger partial charge is 0.147 e. The molecule has 2 fully saturated rings. The quantitative estimate of drug-likeness (QED) is 0.0873. The van der Waals surface area contributed by atoms with E-state index in [4.69, 9.17) is 47.4 Å². The Morgan fingerprint density at radius 2 is 0.500 bits per heavy atom. The van der Waals surface area contributed by atoms with Crippen molar-refractivity contribution in [3.8, 4) is 44.5 Å². The van der Waals surface area contributed by atoms with Crippen LogP contribution in [0.1, 0.15) is 146 Å². The lowest BCUT2D eigenvalue weighted by Crippen LogP contribution is -2.43. The largest absolute Gasteiger partial charge is 0.372 e. The molecule has 24 aliphatic rings. The van der Waals surface area contributed by atoms with Gasteiger partial charge >= 0.3 is 0 Å². The molecule has 0 saturated heterocycles. The molecule has 2 heterocycles. The second kappa shape index (κ2) is 23.2. The normalized spacial score (nSPS) is 23.2. The Morgan fingerprint density at radius 1 is 0.308 bits per heavy atom. The summed E-state index contributed by atoms with van der Waals surface area (Å²) in [6.45, 7) is 12.3. The second-order valence-corrected chi connectivity index (χ2v) is 22.2. The van der Waals surface area contributed by atoms with Crippen molar-refractivity contribution in [1.82, 2.24) is 0 Å². The third-order valence-corrected chi connectivity index (χ3v) is 18.6. The van der Waals surface area contributed by atoms with Crippen LogP contribution in [0.5, 0.6) is 0 Å². The molecule has 412 valence electrons. The number of rotatable bonds is 16. The van der Waals surface area contributed by atoms with Crippen molar-refractivity contribution < 1.29 is 47.4 Å². The first-order valence-electron chi connectivity index (χ1n) is 28.7. The molecule has 6 aromatic rings. The lowest BCUT2D eigenvalue weighted by Gasteiger charge is -2.46. The van der Waals surface area contributed by atoms with Gasteiger partial charge in [0.2, 0.25) is 0 Å². The molecule has 0 atom stereocenters. The Hall–Kier alpha value is -5.08. The summed E-state index contributed by atoms with van der Waals surface area (Å²) in [5, 5.41) is 0. The van der Waals surface area contributed by atoms with Gasteiger partial charge in [0.15, 0.2) is 0 Å². The molecule has 0 aromatic heterocycles. The molecule has 10 nitrogen and oxygen atoms in total. The molecule has 78 heavy (non-hydrogen) atoms. The average molecular weight is 1060 g/mol. The average Bonchev–Trinajstić information content (AvgIpc) is 4.34. The highest BCUT2D eigenvalue weighted by atomic mass is 16.7. The van der Waals surface area contributed by atoms with Gasteiger partial charge in [-0.15, -0.1) is 0 Å². The second-order valence-electron chi connectivity index (χ2n) is 22.2. The van der Waals surface area contributed by atoms with Crippen LogP contribution in [0.25, 0.3) is 44.5 Å². The molecule has 6 aromatic carbocycles. The van der Waals surface area contributed by atoms with E-state index in [1.807, 2.05) is 0 Å². The maximum atomic E-state index is 6.84. The van der Waals surface area contributed by atoms with Crippen molar-refractivity contribution in [3.05, 3.63) is 164 Å². The first kappa shape index (κ1) is 54.9. The maximum absolute atomic E-state index is 6.84. The van der Waals surface area contributed by atoms with Crippen molar-refractivity contribution in [3.63, 3.8) is 0 Å². The van der Waals surface area contributed by atoms with Crippen LogP contribution < -0.4 is 0 Å². The van der Waals surface area contributed by atoms with Gasteiger partial charge in [-0.3, -0.25) is 0 Å². The molecule has 0 N–H and O–H groups in total. The lowest BCUT2D eigenvalue weighted by atomic mass is 9.69. The van der Waals surface area contributed by atoms with Crippen LogP contribution in [0.2, 0.25) is 0 Å². The molecular weight excluding hydrogens is 977 g/mol. The standard InChI is InChI=1S/C68H80O10/c1-9-53-54(10-2)62-46-15-23-50(24-16-46)66(76-42-70-6)33-35-68(36-34-66,78-44-72-8)52-27-19-48(20-28-52)64-56(12-4)55(11-3)63(59-39-74-40-60(59)64)47-17-25-51(26-18-47)67(77-43-71-7)31-29-65(30-32-67,75-41-69-5)49-21-13-45(14-22-49)61(53)57-37-73-38-58(57)62/h13-28H,9-12,29-44H2,1-8H3. The molecule has 10 heteroatoms. The fraction of sp³-hybridized carbons (Fsp3) is 0.471. The zero-order chi connectivity index (χ0) is 54.1. The third-order valence-electron chi connectivity index (χ3n) is 18.6. The van der Waals surface area contributed by atoms with Gasteiger partial charge in [0.05, 0.1) is 48.8 Å². The van der Waals surface area contributed by atoms with E-state index in [1.165, 1.54) is 89.0 Å². The van der Waals surface area contributed by atoms with Gasteiger partial charge in [0.1, 0.15) is 27.2 Å². The molecule has 2 aliphatic heterocycles. The van der Waals surface area contributed by atoms with Gasteiger partial charge in [-0.05, 0) is 188 Å². The van der Waals surface area contributed by atoms with Crippen LogP contribution in [0.3, 0.4) is 0 Å². The van der Waals surface area contributed by atoms with Gasteiger partial charge in [-0.25, -0.2) is 0 Å². The van der Waals surface area contributed by atoms with Crippen molar-refractivity contribution in [1.29, 1.82) is 0 Å². The SMILES string of the molecule is CCc1c(CC)c2c3c(c1-c1ccc(cc1)C1(OCOC)CCC(OCOC)(CC1)c1ccc(cc1)-c1c(CC)c(CC)c(c4c1COC4)-c1ccc(cc1)C1(OCOC)CCC(OCOC)(CC1)c1ccc-2cc1)COC3. The van der Waals surface area contributed by atoms with Crippen LogP contribution in [0.15, 0.2) is 97.1 Å². The minimum Gasteiger partial charge on any atom is -0.372 e. The van der Waals surface area contributed by atoms with Crippen molar-refractivity contribution in [2.45, 2.75) is 154 Å². The van der Waals surface area contributed by atoms with E-state index in [1.54, 1.807) is 28.4 Å². The van der Waals surface area contributed by atoms with Crippen molar-refractivity contribution in [2.24, 2.45) is 0 Å². The number of methoxy groups -OCH3 is 4. The van der Waals surface area contributed by atoms with Gasteiger partial charge in [0.25, 0.3) is 0 Å².